The molecule has 1 aliphatic rings. The molecule has 1 saturated heterocycles. The van der Waals surface area contributed by atoms with Gasteiger partial charge in [-0.3, -0.25) is 4.79 Å². The van der Waals surface area contributed by atoms with Gasteiger partial charge < -0.3 is 19.5 Å². The Morgan fingerprint density at radius 3 is 2.58 bits per heavy atom. The molecule has 0 aliphatic carbocycles. The molecule has 1 fully saturated rings. The fourth-order valence-electron chi connectivity index (χ4n) is 3.41. The number of methoxy groups -OCH3 is 1. The largest absolute Gasteiger partial charge is 0.497 e. The van der Waals surface area contributed by atoms with Gasteiger partial charge in [-0.25, -0.2) is 0 Å². The molecular weight excluding hydrogens is 302 g/mol. The molecule has 0 unspecified atom stereocenters. The maximum Gasteiger partial charge on any atom is 0.256 e. The van der Waals surface area contributed by atoms with Crippen LogP contribution in [0.2, 0.25) is 0 Å². The van der Waals surface area contributed by atoms with E-state index in [0.29, 0.717) is 0 Å². The second kappa shape index (κ2) is 6.69. The van der Waals surface area contributed by atoms with Crippen LogP contribution in [0.5, 0.6) is 5.75 Å². The van der Waals surface area contributed by atoms with Crippen LogP contribution in [0.15, 0.2) is 30.3 Å². The zero-order chi connectivity index (χ0) is 17.3. The van der Waals surface area contributed by atoms with Gasteiger partial charge in [-0.2, -0.15) is 0 Å². The van der Waals surface area contributed by atoms with Crippen molar-refractivity contribution in [2.45, 2.75) is 26.8 Å². The van der Waals surface area contributed by atoms with Crippen LogP contribution in [0, 0.1) is 13.8 Å². The number of carbonyl (C=O) groups is 1. The Hall–Kier alpha value is -2.27. The molecule has 0 saturated carbocycles. The molecule has 0 spiro atoms. The standard InChI is InChI=1S/C19H25N3O2/c1-13-11-18(19(23)21-10-9-20-12-14(21)2)15(3)22(13)16-5-7-17(24-4)8-6-16/h5-8,11,14,20H,9-10,12H2,1-4H3/t14-/m1/s1. The number of amides is 1. The van der Waals surface area contributed by atoms with E-state index < -0.39 is 0 Å². The van der Waals surface area contributed by atoms with Gasteiger partial charge in [0, 0.05) is 42.8 Å². The SMILES string of the molecule is COc1ccc(-n2c(C)cc(C(=O)N3CCNC[C@H]3C)c2C)cc1. The number of benzene rings is 1. The average Bonchev–Trinajstić information content (AvgIpc) is 2.89. The number of aromatic nitrogens is 1. The lowest BCUT2D eigenvalue weighted by Gasteiger charge is -2.34. The predicted molar refractivity (Wildman–Crippen MR) is 95.2 cm³/mol. The van der Waals surface area contributed by atoms with Crippen molar-refractivity contribution >= 4 is 5.91 Å². The Kier molecular flexibility index (Phi) is 4.62. The quantitative estimate of drug-likeness (QED) is 0.942. The molecule has 5 nitrogen and oxygen atoms in total. The van der Waals surface area contributed by atoms with E-state index in [9.17, 15) is 4.79 Å². The van der Waals surface area contributed by atoms with Crippen molar-refractivity contribution in [1.82, 2.24) is 14.8 Å². The van der Waals surface area contributed by atoms with Crippen molar-refractivity contribution in [1.29, 1.82) is 0 Å². The Morgan fingerprint density at radius 2 is 1.96 bits per heavy atom. The van der Waals surface area contributed by atoms with Gasteiger partial charge in [0.1, 0.15) is 5.75 Å². The Labute approximate surface area is 143 Å². The number of nitrogens with zero attached hydrogens (tertiary/aromatic N) is 2. The third-order valence-corrected chi connectivity index (χ3v) is 4.75. The van der Waals surface area contributed by atoms with Gasteiger partial charge in [0.15, 0.2) is 0 Å². The van der Waals surface area contributed by atoms with Crippen molar-refractivity contribution in [2.75, 3.05) is 26.7 Å². The molecule has 1 aromatic heterocycles. The first-order valence-electron chi connectivity index (χ1n) is 8.38. The minimum atomic E-state index is 0.122. The highest BCUT2D eigenvalue weighted by atomic mass is 16.5. The molecular formula is C19H25N3O2. The monoisotopic (exact) mass is 327 g/mol. The number of carbonyl (C=O) groups excluding carboxylic acids is 1. The first kappa shape index (κ1) is 16.6. The molecule has 5 heteroatoms. The highest BCUT2D eigenvalue weighted by Gasteiger charge is 2.27. The maximum absolute atomic E-state index is 13.0. The van der Waals surface area contributed by atoms with Gasteiger partial charge in [-0.15, -0.1) is 0 Å². The summed E-state index contributed by atoms with van der Waals surface area (Å²) in [7, 11) is 1.66. The van der Waals surface area contributed by atoms with E-state index in [4.69, 9.17) is 4.74 Å². The van der Waals surface area contributed by atoms with Crippen molar-refractivity contribution in [3.05, 3.63) is 47.3 Å². The summed E-state index contributed by atoms with van der Waals surface area (Å²) >= 11 is 0. The van der Waals surface area contributed by atoms with Crippen LogP contribution in [-0.2, 0) is 0 Å². The number of ether oxygens (including phenoxy) is 1. The van der Waals surface area contributed by atoms with Crippen molar-refractivity contribution in [3.63, 3.8) is 0 Å². The molecule has 1 aromatic carbocycles. The van der Waals surface area contributed by atoms with Gasteiger partial charge in [0.2, 0.25) is 0 Å². The van der Waals surface area contributed by atoms with E-state index in [-0.39, 0.29) is 11.9 Å². The molecule has 1 aliphatic heterocycles. The van der Waals surface area contributed by atoms with E-state index in [2.05, 4.69) is 16.8 Å². The summed E-state index contributed by atoms with van der Waals surface area (Å²) in [5.41, 5.74) is 3.87. The Balaban J connectivity index is 1.95. The highest BCUT2D eigenvalue weighted by Crippen LogP contribution is 2.24. The van der Waals surface area contributed by atoms with E-state index in [1.165, 1.54) is 0 Å². The van der Waals surface area contributed by atoms with Gasteiger partial charge in [0.25, 0.3) is 5.91 Å². The smallest absolute Gasteiger partial charge is 0.256 e. The summed E-state index contributed by atoms with van der Waals surface area (Å²) in [6.07, 6.45) is 0. The first-order chi connectivity index (χ1) is 11.5. The minimum Gasteiger partial charge on any atom is -0.497 e. The van der Waals surface area contributed by atoms with Gasteiger partial charge in [-0.1, -0.05) is 0 Å². The summed E-state index contributed by atoms with van der Waals surface area (Å²) in [6.45, 7) is 8.60. The fraction of sp³-hybridized carbons (Fsp3) is 0.421. The second-order valence-electron chi connectivity index (χ2n) is 6.37. The first-order valence-corrected chi connectivity index (χ1v) is 8.38. The number of rotatable bonds is 3. The molecule has 1 N–H and O–H groups in total. The number of hydrogen-bond donors (Lipinski definition) is 1. The summed E-state index contributed by atoms with van der Waals surface area (Å²) in [4.78, 5) is 15.0. The third-order valence-electron chi connectivity index (χ3n) is 4.75. The molecule has 0 radical (unpaired) electrons. The van der Waals surface area contributed by atoms with Gasteiger partial charge >= 0.3 is 0 Å². The lowest BCUT2D eigenvalue weighted by molar-refractivity contribution is 0.0655. The topological polar surface area (TPSA) is 46.5 Å². The van der Waals surface area contributed by atoms with Crippen molar-refractivity contribution in [3.8, 4) is 11.4 Å². The van der Waals surface area contributed by atoms with Crippen molar-refractivity contribution in [2.24, 2.45) is 0 Å². The summed E-state index contributed by atoms with van der Waals surface area (Å²) in [5, 5.41) is 3.33. The fourth-order valence-corrected chi connectivity index (χ4v) is 3.41. The number of piperazine rings is 1. The Morgan fingerprint density at radius 1 is 1.25 bits per heavy atom. The van der Waals surface area contributed by atoms with E-state index in [1.807, 2.05) is 49.1 Å². The second-order valence-corrected chi connectivity index (χ2v) is 6.37. The lowest BCUT2D eigenvalue weighted by Crippen LogP contribution is -2.52. The van der Waals surface area contributed by atoms with E-state index >= 15 is 0 Å². The Bertz CT molecular complexity index is 734. The van der Waals surface area contributed by atoms with Gasteiger partial charge in [0.05, 0.1) is 12.7 Å². The molecule has 3 rings (SSSR count). The third kappa shape index (κ3) is 2.91. The number of hydrogen-bond acceptors (Lipinski definition) is 3. The van der Waals surface area contributed by atoms with Crippen LogP contribution in [0.4, 0.5) is 0 Å². The summed E-state index contributed by atoms with van der Waals surface area (Å²) in [6, 6.07) is 10.1. The number of aryl methyl sites for hydroxylation is 1. The van der Waals surface area contributed by atoms with Gasteiger partial charge in [-0.05, 0) is 51.1 Å². The zero-order valence-electron chi connectivity index (χ0n) is 14.8. The molecule has 24 heavy (non-hydrogen) atoms. The summed E-state index contributed by atoms with van der Waals surface area (Å²) in [5.74, 6) is 0.948. The molecule has 2 heterocycles. The van der Waals surface area contributed by atoms with Crippen LogP contribution in [0.25, 0.3) is 5.69 Å². The van der Waals surface area contributed by atoms with E-state index in [1.54, 1.807) is 7.11 Å². The predicted octanol–water partition coefficient (Wildman–Crippen LogP) is 2.54. The minimum absolute atomic E-state index is 0.122. The molecule has 0 bridgehead atoms. The van der Waals surface area contributed by atoms with Crippen LogP contribution in [0.1, 0.15) is 28.7 Å². The molecule has 1 atom stereocenters. The average molecular weight is 327 g/mol. The van der Waals surface area contributed by atoms with Crippen LogP contribution >= 0.6 is 0 Å². The molecule has 2 aromatic rings. The normalized spacial score (nSPS) is 17.8. The molecule has 128 valence electrons. The highest BCUT2D eigenvalue weighted by molar-refractivity contribution is 5.96. The van der Waals surface area contributed by atoms with Crippen LogP contribution < -0.4 is 10.1 Å². The van der Waals surface area contributed by atoms with Crippen molar-refractivity contribution < 1.29 is 9.53 Å². The number of nitrogens with one attached hydrogen (secondary N) is 1. The molecule has 1 amide bonds. The van der Waals surface area contributed by atoms with E-state index in [0.717, 1.165) is 48.0 Å². The zero-order valence-corrected chi connectivity index (χ0v) is 14.8. The van der Waals surface area contributed by atoms with Crippen LogP contribution in [0.3, 0.4) is 0 Å². The lowest BCUT2D eigenvalue weighted by atomic mass is 10.1. The summed E-state index contributed by atoms with van der Waals surface area (Å²) < 4.78 is 7.35. The maximum atomic E-state index is 13.0. The van der Waals surface area contributed by atoms with Crippen LogP contribution in [-0.4, -0.2) is 48.2 Å².